The number of anilines is 3. The van der Waals surface area contributed by atoms with Crippen LogP contribution in [0, 0.1) is 0 Å². The van der Waals surface area contributed by atoms with Crippen LogP contribution < -0.4 is 4.90 Å². The average molecular weight is 666 g/mol. The summed E-state index contributed by atoms with van der Waals surface area (Å²) in [7, 11) is 0. The maximum absolute atomic E-state index is 5.14. The van der Waals surface area contributed by atoms with E-state index in [1.165, 1.54) is 21.8 Å². The minimum atomic E-state index is 0.855. The topological polar surface area (TPSA) is 46.8 Å². The van der Waals surface area contributed by atoms with Crippen molar-refractivity contribution in [3.8, 4) is 28.2 Å². The van der Waals surface area contributed by atoms with E-state index in [4.69, 9.17) is 9.97 Å². The van der Waals surface area contributed by atoms with Crippen molar-refractivity contribution >= 4 is 60.7 Å². The van der Waals surface area contributed by atoms with Crippen LogP contribution in [0.2, 0.25) is 0 Å². The maximum Gasteiger partial charge on any atom is 0.0973 e. The number of benzene rings is 7. The Morgan fingerprint density at radius 2 is 0.981 bits per heavy atom. The summed E-state index contributed by atoms with van der Waals surface area (Å²) in [4.78, 5) is 17.1. The zero-order chi connectivity index (χ0) is 34.4. The van der Waals surface area contributed by atoms with Gasteiger partial charge in [0.1, 0.15) is 0 Å². The summed E-state index contributed by atoms with van der Waals surface area (Å²) in [6, 6.07) is 61.6. The lowest BCUT2D eigenvalue weighted by Gasteiger charge is -2.27. The summed E-state index contributed by atoms with van der Waals surface area (Å²) in [6.45, 7) is 0. The lowest BCUT2D eigenvalue weighted by molar-refractivity contribution is 1.17. The van der Waals surface area contributed by atoms with Crippen molar-refractivity contribution in [2.75, 3.05) is 4.90 Å². The molecule has 0 spiro atoms. The van der Waals surface area contributed by atoms with Crippen molar-refractivity contribution in [1.29, 1.82) is 0 Å². The number of rotatable bonds is 6. The van der Waals surface area contributed by atoms with Crippen LogP contribution in [-0.4, -0.2) is 19.5 Å². The Morgan fingerprint density at radius 3 is 1.63 bits per heavy atom. The zero-order valence-corrected chi connectivity index (χ0v) is 28.1. The molecule has 0 unspecified atom stereocenters. The molecule has 0 N–H and O–H groups in total. The number of pyridine rings is 1. The Balaban J connectivity index is 1.11. The molecule has 0 atom stereocenters. The summed E-state index contributed by atoms with van der Waals surface area (Å²) in [5.41, 5.74) is 12.1. The number of para-hydroxylation sites is 4. The van der Waals surface area contributed by atoms with Crippen LogP contribution >= 0.6 is 0 Å². The van der Waals surface area contributed by atoms with Crippen molar-refractivity contribution in [2.45, 2.75) is 0 Å². The molecule has 7 aromatic carbocycles. The zero-order valence-electron chi connectivity index (χ0n) is 28.1. The van der Waals surface area contributed by atoms with Gasteiger partial charge in [-0.2, -0.15) is 0 Å². The average Bonchev–Trinajstić information content (AvgIpc) is 3.56. The van der Waals surface area contributed by atoms with Gasteiger partial charge in [0, 0.05) is 56.7 Å². The predicted octanol–water partition coefficient (Wildman–Crippen LogP) is 12.1. The molecule has 0 saturated carbocycles. The van der Waals surface area contributed by atoms with E-state index in [0.717, 1.165) is 67.1 Å². The molecule has 244 valence electrons. The van der Waals surface area contributed by atoms with Gasteiger partial charge in [-0.3, -0.25) is 4.98 Å². The van der Waals surface area contributed by atoms with Gasteiger partial charge < -0.3 is 9.47 Å². The van der Waals surface area contributed by atoms with E-state index in [0.29, 0.717) is 0 Å². The van der Waals surface area contributed by atoms with Crippen LogP contribution in [0.5, 0.6) is 0 Å². The Bertz CT molecular complexity index is 2840. The summed E-state index contributed by atoms with van der Waals surface area (Å²) in [5, 5.41) is 4.71. The van der Waals surface area contributed by atoms with Crippen molar-refractivity contribution in [3.63, 3.8) is 0 Å². The monoisotopic (exact) mass is 665 g/mol. The Labute approximate surface area is 300 Å². The number of aromatic nitrogens is 4. The molecule has 0 radical (unpaired) electrons. The van der Waals surface area contributed by atoms with Crippen LogP contribution in [0.3, 0.4) is 0 Å². The number of hydrogen-bond donors (Lipinski definition) is 0. The van der Waals surface area contributed by atoms with Crippen molar-refractivity contribution in [3.05, 3.63) is 188 Å². The molecule has 0 fully saturated rings. The predicted molar refractivity (Wildman–Crippen MR) is 215 cm³/mol. The SMILES string of the molecule is c1ccc(-c2nc3ccccc3nc2-c2ccc(N(c3ccc(-n4c5ccccc5c5ccccc54)cc3)c3cccc4ccncc34)cc2)cc1. The van der Waals surface area contributed by atoms with Crippen molar-refractivity contribution in [1.82, 2.24) is 19.5 Å². The fourth-order valence-corrected chi connectivity index (χ4v) is 7.44. The van der Waals surface area contributed by atoms with E-state index in [2.05, 4.69) is 148 Å². The highest BCUT2D eigenvalue weighted by Crippen LogP contribution is 2.41. The van der Waals surface area contributed by atoms with Crippen LogP contribution in [0.15, 0.2) is 188 Å². The largest absolute Gasteiger partial charge is 0.310 e. The second-order valence-electron chi connectivity index (χ2n) is 12.9. The third-order valence-electron chi connectivity index (χ3n) is 9.86. The number of nitrogens with zero attached hydrogens (tertiary/aromatic N) is 5. The summed E-state index contributed by atoms with van der Waals surface area (Å²) in [6.07, 6.45) is 3.80. The van der Waals surface area contributed by atoms with E-state index in [1.54, 1.807) is 0 Å². The first-order chi connectivity index (χ1) is 25.8. The van der Waals surface area contributed by atoms with Crippen LogP contribution in [-0.2, 0) is 0 Å². The fourth-order valence-electron chi connectivity index (χ4n) is 7.44. The molecule has 0 bridgehead atoms. The van der Waals surface area contributed by atoms with Crippen molar-refractivity contribution in [2.24, 2.45) is 0 Å². The van der Waals surface area contributed by atoms with E-state index in [1.807, 2.05) is 54.9 Å². The molecule has 0 aliphatic heterocycles. The molecule has 3 heterocycles. The smallest absolute Gasteiger partial charge is 0.0973 e. The van der Waals surface area contributed by atoms with Crippen LogP contribution in [0.4, 0.5) is 17.1 Å². The molecule has 10 rings (SSSR count). The van der Waals surface area contributed by atoms with E-state index in [-0.39, 0.29) is 0 Å². The third-order valence-corrected chi connectivity index (χ3v) is 9.86. The van der Waals surface area contributed by atoms with Gasteiger partial charge in [-0.25, -0.2) is 9.97 Å². The molecule has 0 saturated heterocycles. The molecule has 5 nitrogen and oxygen atoms in total. The number of fused-ring (bicyclic) bond motifs is 5. The first kappa shape index (κ1) is 29.8. The highest BCUT2D eigenvalue weighted by atomic mass is 15.1. The van der Waals surface area contributed by atoms with Gasteiger partial charge >= 0.3 is 0 Å². The van der Waals surface area contributed by atoms with Crippen LogP contribution in [0.25, 0.3) is 71.8 Å². The second-order valence-corrected chi connectivity index (χ2v) is 12.9. The van der Waals surface area contributed by atoms with Crippen molar-refractivity contribution < 1.29 is 0 Å². The Kier molecular flexibility index (Phi) is 7.07. The summed E-state index contributed by atoms with van der Waals surface area (Å²) in [5.74, 6) is 0. The standard InChI is InChI=1S/C47H31N5/c1-2-11-33(12-3-1)46-47(50-42-17-7-6-16-41(42)49-46)34-21-23-35(24-22-34)51(45-20-10-13-32-29-30-48-31-40(32)45)36-25-27-37(28-26-36)52-43-18-8-4-14-38(43)39-15-5-9-19-44(39)52/h1-31H. The summed E-state index contributed by atoms with van der Waals surface area (Å²) >= 11 is 0. The van der Waals surface area contributed by atoms with Gasteiger partial charge in [-0.15, -0.1) is 0 Å². The van der Waals surface area contributed by atoms with E-state index >= 15 is 0 Å². The van der Waals surface area contributed by atoms with Gasteiger partial charge in [-0.05, 0) is 78.2 Å². The fraction of sp³-hybridized carbons (Fsp3) is 0. The molecule has 5 heteroatoms. The molecule has 10 aromatic rings. The van der Waals surface area contributed by atoms with E-state index in [9.17, 15) is 0 Å². The lowest BCUT2D eigenvalue weighted by Crippen LogP contribution is -2.11. The number of hydrogen-bond acceptors (Lipinski definition) is 4. The molecule has 0 aliphatic rings. The third kappa shape index (κ3) is 4.98. The normalized spacial score (nSPS) is 11.5. The first-order valence-corrected chi connectivity index (χ1v) is 17.4. The van der Waals surface area contributed by atoms with Gasteiger partial charge in [0.25, 0.3) is 0 Å². The highest BCUT2D eigenvalue weighted by molar-refractivity contribution is 6.09. The van der Waals surface area contributed by atoms with E-state index < -0.39 is 0 Å². The van der Waals surface area contributed by atoms with Gasteiger partial charge in [0.15, 0.2) is 0 Å². The van der Waals surface area contributed by atoms with Gasteiger partial charge in [0.2, 0.25) is 0 Å². The molecular weight excluding hydrogens is 635 g/mol. The molecular formula is C47H31N5. The van der Waals surface area contributed by atoms with Crippen LogP contribution in [0.1, 0.15) is 0 Å². The molecule has 0 amide bonds. The Morgan fingerprint density at radius 1 is 0.423 bits per heavy atom. The molecule has 3 aromatic heterocycles. The van der Waals surface area contributed by atoms with Gasteiger partial charge in [0.05, 0.1) is 39.1 Å². The first-order valence-electron chi connectivity index (χ1n) is 17.4. The highest BCUT2D eigenvalue weighted by Gasteiger charge is 2.19. The minimum absolute atomic E-state index is 0.855. The molecule has 52 heavy (non-hydrogen) atoms. The minimum Gasteiger partial charge on any atom is -0.310 e. The summed E-state index contributed by atoms with van der Waals surface area (Å²) < 4.78 is 2.35. The quantitative estimate of drug-likeness (QED) is 0.177. The lowest BCUT2D eigenvalue weighted by atomic mass is 10.0. The second kappa shape index (κ2) is 12.3. The molecule has 0 aliphatic carbocycles. The van der Waals surface area contributed by atoms with Gasteiger partial charge in [-0.1, -0.05) is 103 Å². The Hall–Kier alpha value is -7.11. The maximum atomic E-state index is 5.14.